The van der Waals surface area contributed by atoms with Gasteiger partial charge in [-0.05, 0) is 18.8 Å². The van der Waals surface area contributed by atoms with Gasteiger partial charge in [0.25, 0.3) is 0 Å². The van der Waals surface area contributed by atoms with E-state index < -0.39 is 12.0 Å². The van der Waals surface area contributed by atoms with Crippen LogP contribution in [0.4, 0.5) is 4.79 Å². The van der Waals surface area contributed by atoms with Gasteiger partial charge in [-0.3, -0.25) is 0 Å². The molecular weight excluding hydrogens is 244 g/mol. The zero-order valence-corrected chi connectivity index (χ0v) is 11.8. The second-order valence-corrected chi connectivity index (χ2v) is 5.37. The summed E-state index contributed by atoms with van der Waals surface area (Å²) in [5, 5.41) is 14.2. The Labute approximate surface area is 115 Å². The molecule has 0 aromatic carbocycles. The van der Waals surface area contributed by atoms with E-state index in [2.05, 4.69) is 10.6 Å². The predicted octanol–water partition coefficient (Wildman–Crippen LogP) is 2.51. The van der Waals surface area contributed by atoms with Gasteiger partial charge >= 0.3 is 12.0 Å². The Hall–Kier alpha value is -1.26. The van der Waals surface area contributed by atoms with E-state index in [-0.39, 0.29) is 6.03 Å². The van der Waals surface area contributed by atoms with E-state index >= 15 is 0 Å². The molecular formula is C14H26N2O3. The minimum absolute atomic E-state index is 0.364. The third-order valence-corrected chi connectivity index (χ3v) is 3.74. The number of amides is 2. The first-order valence-electron chi connectivity index (χ1n) is 7.40. The van der Waals surface area contributed by atoms with Gasteiger partial charge in [0.1, 0.15) is 6.04 Å². The predicted molar refractivity (Wildman–Crippen MR) is 74.1 cm³/mol. The molecule has 1 rings (SSSR count). The number of hydrogen-bond donors (Lipinski definition) is 3. The van der Waals surface area contributed by atoms with Crippen molar-refractivity contribution in [1.29, 1.82) is 0 Å². The van der Waals surface area contributed by atoms with E-state index in [1.54, 1.807) is 0 Å². The number of carboxylic acids is 1. The van der Waals surface area contributed by atoms with E-state index in [0.717, 1.165) is 18.8 Å². The van der Waals surface area contributed by atoms with Crippen LogP contribution in [0.1, 0.15) is 58.3 Å². The molecule has 0 bridgehead atoms. The second-order valence-electron chi connectivity index (χ2n) is 5.37. The van der Waals surface area contributed by atoms with E-state index in [0.29, 0.717) is 13.0 Å². The van der Waals surface area contributed by atoms with Crippen LogP contribution >= 0.6 is 0 Å². The van der Waals surface area contributed by atoms with Gasteiger partial charge in [0, 0.05) is 6.54 Å². The molecule has 0 saturated heterocycles. The Kier molecular flexibility index (Phi) is 7.30. The lowest BCUT2D eigenvalue weighted by molar-refractivity contribution is -0.139. The lowest BCUT2D eigenvalue weighted by Crippen LogP contribution is -2.46. The molecule has 0 aromatic rings. The van der Waals surface area contributed by atoms with Gasteiger partial charge in [-0.25, -0.2) is 9.59 Å². The molecule has 0 unspecified atom stereocenters. The molecule has 110 valence electrons. The van der Waals surface area contributed by atoms with Crippen LogP contribution in [0.2, 0.25) is 0 Å². The van der Waals surface area contributed by atoms with Crippen LogP contribution in [0.25, 0.3) is 0 Å². The highest BCUT2D eigenvalue weighted by Crippen LogP contribution is 2.25. The summed E-state index contributed by atoms with van der Waals surface area (Å²) in [4.78, 5) is 22.5. The fourth-order valence-electron chi connectivity index (χ4n) is 2.62. The first-order chi connectivity index (χ1) is 9.13. The maximum absolute atomic E-state index is 11.6. The lowest BCUT2D eigenvalue weighted by Gasteiger charge is -2.21. The van der Waals surface area contributed by atoms with Gasteiger partial charge in [-0.15, -0.1) is 0 Å². The average molecular weight is 270 g/mol. The Morgan fingerprint density at radius 2 is 1.95 bits per heavy atom. The lowest BCUT2D eigenvalue weighted by atomic mass is 9.87. The van der Waals surface area contributed by atoms with E-state index in [1.807, 2.05) is 6.92 Å². The maximum Gasteiger partial charge on any atom is 0.326 e. The fraction of sp³-hybridized carbons (Fsp3) is 0.857. The van der Waals surface area contributed by atoms with Crippen LogP contribution in [0.5, 0.6) is 0 Å². The van der Waals surface area contributed by atoms with Crippen LogP contribution in [0.15, 0.2) is 0 Å². The third-order valence-electron chi connectivity index (χ3n) is 3.74. The second kappa shape index (κ2) is 8.77. The van der Waals surface area contributed by atoms with Crippen LogP contribution < -0.4 is 10.6 Å². The number of carbonyl (C=O) groups excluding carboxylic acids is 1. The summed E-state index contributed by atoms with van der Waals surface area (Å²) in [5.74, 6) is -0.246. The van der Waals surface area contributed by atoms with Crippen LogP contribution in [-0.4, -0.2) is 29.7 Å². The molecule has 19 heavy (non-hydrogen) atoms. The van der Waals surface area contributed by atoms with Gasteiger partial charge in [-0.1, -0.05) is 45.4 Å². The fourth-order valence-corrected chi connectivity index (χ4v) is 2.62. The molecule has 1 aliphatic rings. The van der Waals surface area contributed by atoms with Crippen molar-refractivity contribution in [1.82, 2.24) is 10.6 Å². The molecule has 1 saturated carbocycles. The van der Waals surface area contributed by atoms with Crippen molar-refractivity contribution in [2.75, 3.05) is 6.54 Å². The normalized spacial score (nSPS) is 17.7. The van der Waals surface area contributed by atoms with Crippen LogP contribution in [0.3, 0.4) is 0 Å². The van der Waals surface area contributed by atoms with E-state index in [9.17, 15) is 9.59 Å². The topological polar surface area (TPSA) is 78.4 Å². The Bertz CT molecular complexity index is 288. The molecule has 0 heterocycles. The van der Waals surface area contributed by atoms with Crippen molar-refractivity contribution >= 4 is 12.0 Å². The summed E-state index contributed by atoms with van der Waals surface area (Å²) in [5.41, 5.74) is 0. The van der Waals surface area contributed by atoms with Crippen LogP contribution in [0, 0.1) is 5.92 Å². The smallest absolute Gasteiger partial charge is 0.326 e. The van der Waals surface area contributed by atoms with Gasteiger partial charge < -0.3 is 15.7 Å². The first kappa shape index (κ1) is 15.8. The quantitative estimate of drug-likeness (QED) is 0.665. The molecule has 2 amide bonds. The highest BCUT2D eigenvalue weighted by Gasteiger charge is 2.19. The summed E-state index contributed by atoms with van der Waals surface area (Å²) < 4.78 is 0. The molecule has 1 aliphatic carbocycles. The van der Waals surface area contributed by atoms with Gasteiger partial charge in [-0.2, -0.15) is 0 Å². The molecule has 5 nitrogen and oxygen atoms in total. The Morgan fingerprint density at radius 1 is 1.26 bits per heavy atom. The zero-order valence-electron chi connectivity index (χ0n) is 11.8. The summed E-state index contributed by atoms with van der Waals surface area (Å²) in [6, 6.07) is -1.14. The van der Waals surface area contributed by atoms with Crippen molar-refractivity contribution in [3.05, 3.63) is 0 Å². The first-order valence-corrected chi connectivity index (χ1v) is 7.40. The minimum Gasteiger partial charge on any atom is -0.480 e. The molecule has 5 heteroatoms. The highest BCUT2D eigenvalue weighted by molar-refractivity contribution is 5.82. The van der Waals surface area contributed by atoms with Crippen molar-refractivity contribution in [3.63, 3.8) is 0 Å². The number of aliphatic carboxylic acids is 1. The summed E-state index contributed by atoms with van der Waals surface area (Å²) in [6.07, 6.45) is 8.65. The third kappa shape index (κ3) is 6.45. The largest absolute Gasteiger partial charge is 0.480 e. The molecule has 0 aromatic heterocycles. The number of urea groups is 1. The molecule has 0 aliphatic heterocycles. The number of hydrogen-bond acceptors (Lipinski definition) is 2. The molecule has 0 spiro atoms. The maximum atomic E-state index is 11.6. The van der Waals surface area contributed by atoms with Crippen molar-refractivity contribution in [2.24, 2.45) is 5.92 Å². The minimum atomic E-state index is -0.968. The standard InChI is InChI=1S/C14H26N2O3/c1-2-6-12(13(17)18)16-14(19)15-10-9-11-7-4-3-5-8-11/h11-12H,2-10H2,1H3,(H,17,18)(H2,15,16,19)/t12-/m1/s1. The number of nitrogens with one attached hydrogen (secondary N) is 2. The molecule has 0 radical (unpaired) electrons. The average Bonchev–Trinajstić information content (AvgIpc) is 2.39. The number of rotatable bonds is 7. The van der Waals surface area contributed by atoms with Gasteiger partial charge in [0.05, 0.1) is 0 Å². The summed E-state index contributed by atoms with van der Waals surface area (Å²) in [7, 11) is 0. The number of carboxylic acid groups (broad SMARTS) is 1. The highest BCUT2D eigenvalue weighted by atomic mass is 16.4. The monoisotopic (exact) mass is 270 g/mol. The Morgan fingerprint density at radius 3 is 2.53 bits per heavy atom. The molecule has 1 atom stereocenters. The van der Waals surface area contributed by atoms with Crippen molar-refractivity contribution < 1.29 is 14.7 Å². The van der Waals surface area contributed by atoms with E-state index in [1.165, 1.54) is 32.1 Å². The summed E-state index contributed by atoms with van der Waals surface area (Å²) in [6.45, 7) is 2.54. The SMILES string of the molecule is CCC[C@@H](NC(=O)NCCC1CCCCC1)C(=O)O. The van der Waals surface area contributed by atoms with Crippen molar-refractivity contribution in [3.8, 4) is 0 Å². The van der Waals surface area contributed by atoms with E-state index in [4.69, 9.17) is 5.11 Å². The number of carbonyl (C=O) groups is 2. The zero-order chi connectivity index (χ0) is 14.1. The summed E-state index contributed by atoms with van der Waals surface area (Å²) >= 11 is 0. The molecule has 1 fully saturated rings. The van der Waals surface area contributed by atoms with Gasteiger partial charge in [0.15, 0.2) is 0 Å². The molecule has 3 N–H and O–H groups in total. The van der Waals surface area contributed by atoms with Crippen molar-refractivity contribution in [2.45, 2.75) is 64.3 Å². The van der Waals surface area contributed by atoms with Gasteiger partial charge in [0.2, 0.25) is 0 Å². The Balaban J connectivity index is 2.17. The van der Waals surface area contributed by atoms with Crippen LogP contribution in [-0.2, 0) is 4.79 Å².